The summed E-state index contributed by atoms with van der Waals surface area (Å²) in [6.45, 7) is 0. The molecule has 0 radical (unpaired) electrons. The molecule has 13 heavy (non-hydrogen) atoms. The molecule has 0 heterocycles. The molecular weight excluding hydrogens is 164 g/mol. The van der Waals surface area contributed by atoms with Gasteiger partial charge in [-0.2, -0.15) is 0 Å². The molecule has 0 N–H and O–H groups in total. The van der Waals surface area contributed by atoms with Gasteiger partial charge < -0.3 is 4.74 Å². The number of carbonyl (C=O) groups excluding carboxylic acids is 1. The molecule has 0 aliphatic heterocycles. The van der Waals surface area contributed by atoms with Gasteiger partial charge in [-0.15, -0.1) is 0 Å². The largest absolute Gasteiger partial charge is 0.469 e. The first kappa shape index (κ1) is 7.84. The normalized spacial score (nSPS) is 51.3. The van der Waals surface area contributed by atoms with Gasteiger partial charge in [0.15, 0.2) is 0 Å². The van der Waals surface area contributed by atoms with Crippen LogP contribution in [0.15, 0.2) is 0 Å². The number of methoxy groups -OCH3 is 1. The van der Waals surface area contributed by atoms with Gasteiger partial charge >= 0.3 is 5.97 Å². The van der Waals surface area contributed by atoms with Crippen molar-refractivity contribution in [2.75, 3.05) is 7.11 Å². The van der Waals surface area contributed by atoms with Crippen LogP contribution < -0.4 is 0 Å². The van der Waals surface area contributed by atoms with E-state index >= 15 is 0 Å². The van der Waals surface area contributed by atoms with Crippen molar-refractivity contribution >= 4 is 5.97 Å². The fourth-order valence-corrected chi connectivity index (χ4v) is 4.34. The van der Waals surface area contributed by atoms with Gasteiger partial charge in [0.2, 0.25) is 0 Å². The Labute approximate surface area is 78.6 Å². The summed E-state index contributed by atoms with van der Waals surface area (Å²) in [6.07, 6.45) is 7.79. The third-order valence-electron chi connectivity index (χ3n) is 5.13. The van der Waals surface area contributed by atoms with Crippen LogP contribution in [0.3, 0.4) is 0 Å². The second-order valence-corrected chi connectivity index (χ2v) is 5.07. The lowest BCUT2D eigenvalue weighted by atomic mass is 9.35. The molecule has 3 aliphatic carbocycles. The van der Waals surface area contributed by atoms with Crippen LogP contribution in [0, 0.1) is 16.7 Å². The van der Waals surface area contributed by atoms with Crippen LogP contribution in [0.2, 0.25) is 0 Å². The summed E-state index contributed by atoms with van der Waals surface area (Å²) in [5.74, 6) is 0.311. The van der Waals surface area contributed by atoms with Crippen molar-refractivity contribution in [3.05, 3.63) is 0 Å². The van der Waals surface area contributed by atoms with E-state index < -0.39 is 0 Å². The zero-order valence-corrected chi connectivity index (χ0v) is 8.14. The highest BCUT2D eigenvalue weighted by molar-refractivity contribution is 5.76. The maximum atomic E-state index is 11.5. The Bertz CT molecular complexity index is 273. The van der Waals surface area contributed by atoms with E-state index in [1.165, 1.54) is 39.2 Å². The lowest BCUT2D eigenvalue weighted by Gasteiger charge is -2.68. The van der Waals surface area contributed by atoms with Gasteiger partial charge in [0, 0.05) is 0 Å². The van der Waals surface area contributed by atoms with E-state index in [0.717, 1.165) is 6.42 Å². The molecule has 2 nitrogen and oxygen atoms in total. The van der Waals surface area contributed by atoms with E-state index in [-0.39, 0.29) is 11.9 Å². The van der Waals surface area contributed by atoms with E-state index in [2.05, 4.69) is 0 Å². The standard InChI is InChI=1S/C11H16O2/c1-13-9(12)8-7-10-3-2-4-11(8,10)6-5-10/h8H,2-7H2,1H3/t8-,10-,11-/m0/s1. The number of ether oxygens (including phenoxy) is 1. The Kier molecular flexibility index (Phi) is 1.27. The third-order valence-corrected chi connectivity index (χ3v) is 5.13. The van der Waals surface area contributed by atoms with Crippen LogP contribution in [-0.4, -0.2) is 13.1 Å². The quantitative estimate of drug-likeness (QED) is 0.578. The molecule has 3 rings (SSSR count). The van der Waals surface area contributed by atoms with Crippen molar-refractivity contribution in [3.63, 3.8) is 0 Å². The average molecular weight is 180 g/mol. The highest BCUT2D eigenvalue weighted by Gasteiger charge is 2.74. The SMILES string of the molecule is COC(=O)[C@@H]1C[C@@]23CCC[C@]12CC3. The number of hydrogen-bond acceptors (Lipinski definition) is 2. The first-order chi connectivity index (χ1) is 6.24. The third kappa shape index (κ3) is 0.628. The minimum absolute atomic E-state index is 0.0530. The Morgan fingerprint density at radius 1 is 1.31 bits per heavy atom. The zero-order valence-electron chi connectivity index (χ0n) is 8.14. The summed E-state index contributed by atoms with van der Waals surface area (Å²) in [5, 5.41) is 0. The average Bonchev–Trinajstić information content (AvgIpc) is 2.37. The summed E-state index contributed by atoms with van der Waals surface area (Å²) in [5.41, 5.74) is 1.02. The van der Waals surface area contributed by atoms with Crippen LogP contribution in [0.25, 0.3) is 0 Å². The monoisotopic (exact) mass is 180 g/mol. The van der Waals surface area contributed by atoms with Crippen molar-refractivity contribution < 1.29 is 9.53 Å². The van der Waals surface area contributed by atoms with Crippen molar-refractivity contribution in [3.8, 4) is 0 Å². The molecular formula is C11H16O2. The smallest absolute Gasteiger partial charge is 0.309 e. The van der Waals surface area contributed by atoms with Gasteiger partial charge in [-0.3, -0.25) is 4.79 Å². The highest BCUT2D eigenvalue weighted by atomic mass is 16.5. The molecule has 3 saturated carbocycles. The van der Waals surface area contributed by atoms with E-state index in [1.54, 1.807) is 0 Å². The zero-order chi connectivity index (χ0) is 9.10. The van der Waals surface area contributed by atoms with Crippen molar-refractivity contribution in [1.29, 1.82) is 0 Å². The minimum Gasteiger partial charge on any atom is -0.469 e. The summed E-state index contributed by atoms with van der Waals surface area (Å²) < 4.78 is 4.87. The molecule has 0 aromatic heterocycles. The molecule has 0 saturated heterocycles. The van der Waals surface area contributed by atoms with Gasteiger partial charge in [0.05, 0.1) is 13.0 Å². The Morgan fingerprint density at radius 3 is 2.69 bits per heavy atom. The van der Waals surface area contributed by atoms with E-state index in [0.29, 0.717) is 10.8 Å². The van der Waals surface area contributed by atoms with E-state index in [1.807, 2.05) is 0 Å². The molecule has 0 amide bonds. The predicted molar refractivity (Wildman–Crippen MR) is 48.1 cm³/mol. The second kappa shape index (κ2) is 2.10. The maximum absolute atomic E-state index is 11.5. The molecule has 72 valence electrons. The summed E-state index contributed by atoms with van der Waals surface area (Å²) >= 11 is 0. The topological polar surface area (TPSA) is 26.3 Å². The highest BCUT2D eigenvalue weighted by Crippen LogP contribution is 2.80. The van der Waals surface area contributed by atoms with E-state index in [9.17, 15) is 4.79 Å². The molecule has 0 unspecified atom stereocenters. The predicted octanol–water partition coefficient (Wildman–Crippen LogP) is 2.13. The Balaban J connectivity index is 1.87. The molecule has 0 bridgehead atoms. The van der Waals surface area contributed by atoms with Crippen molar-refractivity contribution in [2.24, 2.45) is 16.7 Å². The van der Waals surface area contributed by atoms with Gasteiger partial charge in [-0.25, -0.2) is 0 Å². The number of carbonyl (C=O) groups is 1. The summed E-state index contributed by atoms with van der Waals surface area (Å²) in [7, 11) is 1.52. The fraction of sp³-hybridized carbons (Fsp3) is 0.909. The first-order valence-corrected chi connectivity index (χ1v) is 5.32. The van der Waals surface area contributed by atoms with Gasteiger partial charge in [0.1, 0.15) is 0 Å². The van der Waals surface area contributed by atoms with E-state index in [4.69, 9.17) is 4.74 Å². The lowest BCUT2D eigenvalue weighted by molar-refractivity contribution is -0.222. The van der Waals surface area contributed by atoms with Crippen molar-refractivity contribution in [2.45, 2.75) is 38.5 Å². The summed E-state index contributed by atoms with van der Waals surface area (Å²) in [6, 6.07) is 0. The number of hydrogen-bond donors (Lipinski definition) is 0. The molecule has 2 heteroatoms. The van der Waals surface area contributed by atoms with Crippen LogP contribution in [0.1, 0.15) is 38.5 Å². The molecule has 0 spiro atoms. The second-order valence-electron chi connectivity index (χ2n) is 5.07. The molecule has 0 aromatic carbocycles. The number of esters is 1. The lowest BCUT2D eigenvalue weighted by Crippen LogP contribution is -2.64. The Hall–Kier alpha value is -0.530. The van der Waals surface area contributed by atoms with Crippen LogP contribution >= 0.6 is 0 Å². The summed E-state index contributed by atoms with van der Waals surface area (Å²) in [4.78, 5) is 11.5. The van der Waals surface area contributed by atoms with Crippen LogP contribution in [0.4, 0.5) is 0 Å². The Morgan fingerprint density at radius 2 is 2.15 bits per heavy atom. The maximum Gasteiger partial charge on any atom is 0.309 e. The molecule has 3 aliphatic rings. The molecule has 3 fully saturated rings. The fourth-order valence-electron chi connectivity index (χ4n) is 4.34. The van der Waals surface area contributed by atoms with Crippen LogP contribution in [-0.2, 0) is 9.53 Å². The molecule has 0 aromatic rings. The van der Waals surface area contributed by atoms with Crippen molar-refractivity contribution in [1.82, 2.24) is 0 Å². The minimum atomic E-state index is 0.0530. The van der Waals surface area contributed by atoms with Gasteiger partial charge in [-0.1, -0.05) is 6.42 Å². The van der Waals surface area contributed by atoms with Crippen LogP contribution in [0.5, 0.6) is 0 Å². The molecule has 3 atom stereocenters. The number of rotatable bonds is 1. The van der Waals surface area contributed by atoms with Gasteiger partial charge in [-0.05, 0) is 42.9 Å². The van der Waals surface area contributed by atoms with Gasteiger partial charge in [0.25, 0.3) is 0 Å². The first-order valence-electron chi connectivity index (χ1n) is 5.32.